The van der Waals surface area contributed by atoms with E-state index in [1.165, 1.54) is 12.8 Å². The first kappa shape index (κ1) is 20.8. The summed E-state index contributed by atoms with van der Waals surface area (Å²) in [6, 6.07) is 7.93. The Morgan fingerprint density at radius 2 is 2.07 bits per heavy atom. The van der Waals surface area contributed by atoms with Crippen molar-refractivity contribution in [2.45, 2.75) is 57.0 Å². The smallest absolute Gasteiger partial charge is 0.252 e. The van der Waals surface area contributed by atoms with E-state index in [0.29, 0.717) is 18.9 Å². The number of hydrogen-bond donors (Lipinski definition) is 0. The molecule has 0 radical (unpaired) electrons. The number of methoxy groups -OCH3 is 2. The highest BCUT2D eigenvalue weighted by molar-refractivity contribution is 5.76. The highest BCUT2D eigenvalue weighted by Gasteiger charge is 2.44. The molecule has 2 fully saturated rings. The van der Waals surface area contributed by atoms with E-state index in [9.17, 15) is 4.79 Å². The van der Waals surface area contributed by atoms with Crippen LogP contribution in [0.2, 0.25) is 0 Å². The number of benzene rings is 1. The SMILES string of the molecule is COCc1nc(C2(CC3CC3)CCN(C(=O)CCc3cccc(OC)c3)CC2)no1. The number of amides is 1. The number of aryl methyl sites for hydroxylation is 1. The molecule has 0 atom stereocenters. The highest BCUT2D eigenvalue weighted by atomic mass is 16.5. The molecule has 0 bridgehead atoms. The predicted octanol–water partition coefficient (Wildman–Crippen LogP) is 3.52. The maximum atomic E-state index is 12.8. The predicted molar refractivity (Wildman–Crippen MR) is 111 cm³/mol. The van der Waals surface area contributed by atoms with Crippen LogP contribution in [0.3, 0.4) is 0 Å². The van der Waals surface area contributed by atoms with Gasteiger partial charge in [0.15, 0.2) is 5.82 Å². The summed E-state index contributed by atoms with van der Waals surface area (Å²) in [5.41, 5.74) is 1.04. The van der Waals surface area contributed by atoms with Gasteiger partial charge in [-0.15, -0.1) is 0 Å². The largest absolute Gasteiger partial charge is 0.497 e. The van der Waals surface area contributed by atoms with Crippen molar-refractivity contribution in [2.75, 3.05) is 27.3 Å². The van der Waals surface area contributed by atoms with Crippen LogP contribution in [0.4, 0.5) is 0 Å². The molecule has 0 spiro atoms. The van der Waals surface area contributed by atoms with Gasteiger partial charge in [0, 0.05) is 32.0 Å². The molecule has 1 aliphatic carbocycles. The Morgan fingerprint density at radius 3 is 2.77 bits per heavy atom. The minimum atomic E-state index is -0.0831. The van der Waals surface area contributed by atoms with E-state index in [4.69, 9.17) is 14.0 Å². The minimum absolute atomic E-state index is 0.0831. The van der Waals surface area contributed by atoms with E-state index in [0.717, 1.165) is 61.8 Å². The number of aromatic nitrogens is 2. The molecule has 30 heavy (non-hydrogen) atoms. The van der Waals surface area contributed by atoms with Crippen molar-refractivity contribution in [3.63, 3.8) is 0 Å². The van der Waals surface area contributed by atoms with Crippen LogP contribution in [-0.2, 0) is 28.0 Å². The zero-order valence-electron chi connectivity index (χ0n) is 17.9. The summed E-state index contributed by atoms with van der Waals surface area (Å²) in [6.07, 6.45) is 6.68. The van der Waals surface area contributed by atoms with E-state index in [1.54, 1.807) is 14.2 Å². The number of ether oxygens (including phenoxy) is 2. The van der Waals surface area contributed by atoms with Gasteiger partial charge < -0.3 is 18.9 Å². The van der Waals surface area contributed by atoms with Crippen molar-refractivity contribution in [1.82, 2.24) is 15.0 Å². The van der Waals surface area contributed by atoms with E-state index < -0.39 is 0 Å². The molecule has 1 aromatic heterocycles. The fourth-order valence-corrected chi connectivity index (χ4v) is 4.47. The van der Waals surface area contributed by atoms with Gasteiger partial charge in [0.05, 0.1) is 7.11 Å². The second-order valence-corrected chi connectivity index (χ2v) is 8.60. The molecule has 2 aromatic rings. The van der Waals surface area contributed by atoms with E-state index in [1.807, 2.05) is 29.2 Å². The maximum Gasteiger partial charge on any atom is 0.252 e. The van der Waals surface area contributed by atoms with Crippen LogP contribution in [0.25, 0.3) is 0 Å². The summed E-state index contributed by atoms with van der Waals surface area (Å²) >= 11 is 0. The molecular weight excluding hydrogens is 382 g/mol. The number of carbonyl (C=O) groups is 1. The maximum absolute atomic E-state index is 12.8. The Bertz CT molecular complexity index is 854. The van der Waals surface area contributed by atoms with Gasteiger partial charge in [0.1, 0.15) is 12.4 Å². The van der Waals surface area contributed by atoms with Gasteiger partial charge in [-0.2, -0.15) is 4.98 Å². The number of carbonyl (C=O) groups excluding carboxylic acids is 1. The van der Waals surface area contributed by atoms with Gasteiger partial charge in [0.25, 0.3) is 5.89 Å². The van der Waals surface area contributed by atoms with Gasteiger partial charge >= 0.3 is 0 Å². The zero-order valence-corrected chi connectivity index (χ0v) is 17.9. The van der Waals surface area contributed by atoms with Crippen LogP contribution >= 0.6 is 0 Å². The van der Waals surface area contributed by atoms with Gasteiger partial charge in [0.2, 0.25) is 5.91 Å². The van der Waals surface area contributed by atoms with Gasteiger partial charge in [-0.1, -0.05) is 30.1 Å². The molecule has 0 unspecified atom stereocenters. The lowest BCUT2D eigenvalue weighted by molar-refractivity contribution is -0.132. The Hall–Kier alpha value is -2.41. The first-order valence-electron chi connectivity index (χ1n) is 10.8. The van der Waals surface area contributed by atoms with Crippen molar-refractivity contribution in [3.8, 4) is 5.75 Å². The summed E-state index contributed by atoms with van der Waals surface area (Å²) < 4.78 is 15.8. The molecule has 162 valence electrons. The summed E-state index contributed by atoms with van der Waals surface area (Å²) in [4.78, 5) is 19.4. The summed E-state index contributed by atoms with van der Waals surface area (Å²) in [6.45, 7) is 1.83. The highest BCUT2D eigenvalue weighted by Crippen LogP contribution is 2.46. The van der Waals surface area contributed by atoms with Crippen LogP contribution < -0.4 is 4.74 Å². The van der Waals surface area contributed by atoms with E-state index in [-0.39, 0.29) is 11.3 Å². The molecule has 1 amide bonds. The third kappa shape index (κ3) is 4.83. The van der Waals surface area contributed by atoms with Crippen LogP contribution in [0.5, 0.6) is 5.75 Å². The lowest BCUT2D eigenvalue weighted by atomic mass is 9.73. The van der Waals surface area contributed by atoms with Crippen molar-refractivity contribution >= 4 is 5.91 Å². The van der Waals surface area contributed by atoms with Crippen molar-refractivity contribution in [3.05, 3.63) is 41.5 Å². The fraction of sp³-hybridized carbons (Fsp3) is 0.609. The summed E-state index contributed by atoms with van der Waals surface area (Å²) in [5, 5.41) is 4.29. The molecule has 2 aliphatic rings. The van der Waals surface area contributed by atoms with Gasteiger partial charge in [-0.25, -0.2) is 0 Å². The number of piperidine rings is 1. The molecule has 2 heterocycles. The number of rotatable bonds is 9. The molecule has 1 aliphatic heterocycles. The summed E-state index contributed by atoms with van der Waals surface area (Å²) in [7, 11) is 3.29. The third-order valence-corrected chi connectivity index (χ3v) is 6.42. The van der Waals surface area contributed by atoms with Crippen molar-refractivity contribution in [1.29, 1.82) is 0 Å². The quantitative estimate of drug-likeness (QED) is 0.626. The van der Waals surface area contributed by atoms with Crippen LogP contribution in [0.1, 0.15) is 55.8 Å². The second kappa shape index (κ2) is 9.16. The fourth-order valence-electron chi connectivity index (χ4n) is 4.47. The molecule has 7 heteroatoms. The average molecular weight is 414 g/mol. The van der Waals surface area contributed by atoms with Gasteiger partial charge in [-0.3, -0.25) is 4.79 Å². The number of likely N-dealkylation sites (tertiary alicyclic amines) is 1. The zero-order chi connectivity index (χ0) is 21.0. The van der Waals surface area contributed by atoms with Crippen LogP contribution in [-0.4, -0.2) is 48.3 Å². The summed E-state index contributed by atoms with van der Waals surface area (Å²) in [5.74, 6) is 3.12. The molecule has 1 saturated heterocycles. The van der Waals surface area contributed by atoms with Crippen LogP contribution in [0, 0.1) is 5.92 Å². The lowest BCUT2D eigenvalue weighted by Crippen LogP contribution is -2.46. The lowest BCUT2D eigenvalue weighted by Gasteiger charge is -2.40. The molecule has 4 rings (SSSR count). The standard InChI is InChI=1S/C23H31N3O4/c1-28-16-20-24-22(25-30-20)23(15-18-6-7-18)10-12-26(13-11-23)21(27)9-8-17-4-3-5-19(14-17)29-2/h3-5,14,18H,6-13,15-16H2,1-2H3. The van der Waals surface area contributed by atoms with E-state index in [2.05, 4.69) is 10.1 Å². The number of nitrogens with zero attached hydrogens (tertiary/aromatic N) is 3. The van der Waals surface area contributed by atoms with Crippen molar-refractivity contribution in [2.24, 2.45) is 5.92 Å². The second-order valence-electron chi connectivity index (χ2n) is 8.60. The Labute approximate surface area is 177 Å². The normalized spacial score (nSPS) is 18.4. The van der Waals surface area contributed by atoms with Crippen LogP contribution in [0.15, 0.2) is 28.8 Å². The minimum Gasteiger partial charge on any atom is -0.497 e. The molecule has 0 N–H and O–H groups in total. The Balaban J connectivity index is 1.36. The van der Waals surface area contributed by atoms with Crippen molar-refractivity contribution < 1.29 is 18.8 Å². The topological polar surface area (TPSA) is 77.7 Å². The third-order valence-electron chi connectivity index (χ3n) is 6.42. The average Bonchev–Trinajstić information content (AvgIpc) is 3.46. The number of hydrogen-bond acceptors (Lipinski definition) is 6. The molecule has 7 nitrogen and oxygen atoms in total. The Kier molecular flexibility index (Phi) is 6.37. The first-order chi connectivity index (χ1) is 14.6. The Morgan fingerprint density at radius 1 is 1.27 bits per heavy atom. The molecule has 1 aromatic carbocycles. The molecular formula is C23H31N3O4. The molecule has 1 saturated carbocycles. The first-order valence-corrected chi connectivity index (χ1v) is 10.8. The van der Waals surface area contributed by atoms with Gasteiger partial charge in [-0.05, 0) is 49.3 Å². The monoisotopic (exact) mass is 413 g/mol. The van der Waals surface area contributed by atoms with E-state index >= 15 is 0 Å².